The van der Waals surface area contributed by atoms with Crippen LogP contribution >= 0.6 is 0 Å². The largest absolute Gasteiger partial charge is 0.481 e. The molecule has 1 atom stereocenters. The first-order valence-electron chi connectivity index (χ1n) is 10.2. The second-order valence-electron chi connectivity index (χ2n) is 9.25. The van der Waals surface area contributed by atoms with Crippen molar-refractivity contribution >= 4 is 11.9 Å². The summed E-state index contributed by atoms with van der Waals surface area (Å²) in [6.07, 6.45) is 1.52. The summed E-state index contributed by atoms with van der Waals surface area (Å²) in [4.78, 5) is 29.0. The lowest BCUT2D eigenvalue weighted by atomic mass is 9.70. The first-order chi connectivity index (χ1) is 13.3. The van der Waals surface area contributed by atoms with Crippen molar-refractivity contribution < 1.29 is 19.4 Å². The van der Waals surface area contributed by atoms with Gasteiger partial charge in [0.05, 0.1) is 24.5 Å². The van der Waals surface area contributed by atoms with E-state index in [4.69, 9.17) is 4.74 Å². The van der Waals surface area contributed by atoms with Gasteiger partial charge in [-0.25, -0.2) is 0 Å². The van der Waals surface area contributed by atoms with E-state index >= 15 is 0 Å². The molecule has 3 saturated heterocycles. The number of carbonyl (C=O) groups excluding carboxylic acids is 1. The average Bonchev–Trinajstić information content (AvgIpc) is 2.99. The Bertz CT molecular complexity index is 748. The van der Waals surface area contributed by atoms with Crippen molar-refractivity contribution in [3.63, 3.8) is 0 Å². The quantitative estimate of drug-likeness (QED) is 0.859. The monoisotopic (exact) mass is 386 g/mol. The van der Waals surface area contributed by atoms with Gasteiger partial charge in [-0.2, -0.15) is 0 Å². The van der Waals surface area contributed by atoms with Gasteiger partial charge in [-0.1, -0.05) is 29.8 Å². The van der Waals surface area contributed by atoms with Crippen molar-refractivity contribution in [2.45, 2.75) is 33.2 Å². The summed E-state index contributed by atoms with van der Waals surface area (Å²) >= 11 is 0. The van der Waals surface area contributed by atoms with Gasteiger partial charge in [-0.3, -0.25) is 14.5 Å². The summed E-state index contributed by atoms with van der Waals surface area (Å²) < 4.78 is 5.24. The van der Waals surface area contributed by atoms with E-state index < -0.39 is 5.97 Å². The highest BCUT2D eigenvalue weighted by Crippen LogP contribution is 2.46. The second-order valence-corrected chi connectivity index (χ2v) is 9.25. The highest BCUT2D eigenvalue weighted by atomic mass is 16.5. The Kier molecular flexibility index (Phi) is 4.96. The fraction of sp³-hybridized carbons (Fsp3) is 0.636. The third-order valence-corrected chi connectivity index (χ3v) is 6.95. The highest BCUT2D eigenvalue weighted by molar-refractivity contribution is 5.83. The van der Waals surface area contributed by atoms with E-state index in [0.717, 1.165) is 25.9 Å². The molecule has 3 heterocycles. The Hall–Kier alpha value is -1.92. The smallest absolute Gasteiger partial charge is 0.308 e. The summed E-state index contributed by atoms with van der Waals surface area (Å²) in [5.74, 6) is -0.904. The Labute approximate surface area is 166 Å². The number of nitrogens with zero attached hydrogens (tertiary/aromatic N) is 2. The molecule has 1 N–H and O–H groups in total. The molecule has 1 spiro atoms. The molecular formula is C22H30N2O4. The number of likely N-dealkylation sites (tertiary alicyclic amines) is 2. The molecule has 0 aliphatic carbocycles. The first-order valence-corrected chi connectivity index (χ1v) is 10.2. The standard InChI is InChI=1S/C22H30N2O4/c1-16-3-5-17(6-4-16)11-23-12-18(19(25)26)22(13-23)7-9-24(10-8-22)20(27)21(2)14-28-15-21/h3-6,18H,7-15H2,1-2H3,(H,25,26). The molecule has 1 amide bonds. The van der Waals surface area contributed by atoms with E-state index in [-0.39, 0.29) is 22.7 Å². The van der Waals surface area contributed by atoms with Crippen LogP contribution in [0.3, 0.4) is 0 Å². The van der Waals surface area contributed by atoms with Crippen LogP contribution in [0.2, 0.25) is 0 Å². The molecule has 152 valence electrons. The summed E-state index contributed by atoms with van der Waals surface area (Å²) in [6.45, 7) is 8.48. The zero-order valence-electron chi connectivity index (χ0n) is 16.8. The second kappa shape index (κ2) is 7.16. The number of amides is 1. The number of aliphatic carboxylic acids is 1. The Morgan fingerprint density at radius 1 is 1.18 bits per heavy atom. The number of rotatable bonds is 4. The van der Waals surface area contributed by atoms with Crippen LogP contribution in [0.4, 0.5) is 0 Å². The van der Waals surface area contributed by atoms with Crippen LogP contribution in [0.1, 0.15) is 30.9 Å². The Morgan fingerprint density at radius 2 is 1.82 bits per heavy atom. The van der Waals surface area contributed by atoms with Gasteiger partial charge in [0.2, 0.25) is 5.91 Å². The average molecular weight is 386 g/mol. The fourth-order valence-corrected chi connectivity index (χ4v) is 5.06. The molecule has 0 radical (unpaired) electrons. The van der Waals surface area contributed by atoms with E-state index in [9.17, 15) is 14.7 Å². The van der Waals surface area contributed by atoms with Crippen LogP contribution in [0.25, 0.3) is 0 Å². The summed E-state index contributed by atoms with van der Waals surface area (Å²) in [7, 11) is 0. The lowest BCUT2D eigenvalue weighted by Crippen LogP contribution is -2.56. The number of aryl methyl sites for hydroxylation is 1. The van der Waals surface area contributed by atoms with Crippen molar-refractivity contribution in [3.8, 4) is 0 Å². The van der Waals surface area contributed by atoms with E-state index in [0.29, 0.717) is 32.8 Å². The molecule has 3 aliphatic rings. The van der Waals surface area contributed by atoms with Gasteiger partial charge >= 0.3 is 5.97 Å². The lowest BCUT2D eigenvalue weighted by Gasteiger charge is -2.46. The van der Waals surface area contributed by atoms with Gasteiger partial charge in [-0.15, -0.1) is 0 Å². The van der Waals surface area contributed by atoms with Crippen LogP contribution in [0.15, 0.2) is 24.3 Å². The minimum atomic E-state index is -0.703. The van der Waals surface area contributed by atoms with Crippen molar-refractivity contribution in [2.75, 3.05) is 39.4 Å². The van der Waals surface area contributed by atoms with Crippen LogP contribution in [0, 0.1) is 23.7 Å². The number of hydrogen-bond acceptors (Lipinski definition) is 4. The third kappa shape index (κ3) is 3.44. The molecular weight excluding hydrogens is 356 g/mol. The molecule has 6 heteroatoms. The van der Waals surface area contributed by atoms with Gasteiger partial charge < -0.3 is 14.7 Å². The number of carboxylic acid groups (broad SMARTS) is 1. The van der Waals surface area contributed by atoms with Crippen LogP contribution in [-0.4, -0.2) is 66.2 Å². The van der Waals surface area contributed by atoms with Gasteiger partial charge in [0.1, 0.15) is 0 Å². The number of piperidine rings is 1. The molecule has 4 rings (SSSR count). The van der Waals surface area contributed by atoms with E-state index in [1.165, 1.54) is 11.1 Å². The van der Waals surface area contributed by atoms with Crippen LogP contribution in [0.5, 0.6) is 0 Å². The number of ether oxygens (including phenoxy) is 1. The van der Waals surface area contributed by atoms with E-state index in [1.54, 1.807) is 0 Å². The van der Waals surface area contributed by atoms with Crippen molar-refractivity contribution in [3.05, 3.63) is 35.4 Å². The molecule has 0 bridgehead atoms. The Morgan fingerprint density at radius 3 is 2.36 bits per heavy atom. The zero-order valence-corrected chi connectivity index (χ0v) is 16.8. The van der Waals surface area contributed by atoms with E-state index in [1.807, 2.05) is 11.8 Å². The zero-order chi connectivity index (χ0) is 19.9. The number of benzene rings is 1. The van der Waals surface area contributed by atoms with Gasteiger partial charge in [-0.05, 0) is 32.3 Å². The normalized spacial score (nSPS) is 26.2. The van der Waals surface area contributed by atoms with Crippen molar-refractivity contribution in [1.82, 2.24) is 9.80 Å². The number of carboxylic acids is 1. The fourth-order valence-electron chi connectivity index (χ4n) is 5.06. The van der Waals surface area contributed by atoms with Gasteiger partial charge in [0.15, 0.2) is 0 Å². The molecule has 0 aromatic heterocycles. The maximum absolute atomic E-state index is 12.8. The molecule has 6 nitrogen and oxygen atoms in total. The van der Waals surface area contributed by atoms with Crippen molar-refractivity contribution in [2.24, 2.45) is 16.7 Å². The van der Waals surface area contributed by atoms with Crippen LogP contribution < -0.4 is 0 Å². The predicted molar refractivity (Wildman–Crippen MR) is 105 cm³/mol. The van der Waals surface area contributed by atoms with Crippen molar-refractivity contribution in [1.29, 1.82) is 0 Å². The molecule has 1 unspecified atom stereocenters. The van der Waals surface area contributed by atoms with Crippen LogP contribution in [-0.2, 0) is 20.9 Å². The first kappa shape index (κ1) is 19.4. The molecule has 1 aromatic rings. The number of carbonyl (C=O) groups is 2. The maximum Gasteiger partial charge on any atom is 0.308 e. The van der Waals surface area contributed by atoms with Gasteiger partial charge in [0.25, 0.3) is 0 Å². The SMILES string of the molecule is Cc1ccc(CN2CC(C(=O)O)C3(CCN(C(=O)C4(C)COC4)CC3)C2)cc1. The third-order valence-electron chi connectivity index (χ3n) is 6.95. The molecule has 28 heavy (non-hydrogen) atoms. The molecule has 1 aromatic carbocycles. The lowest BCUT2D eigenvalue weighted by molar-refractivity contribution is -0.171. The number of hydrogen-bond donors (Lipinski definition) is 1. The predicted octanol–water partition coefficient (Wildman–Crippen LogP) is 2.16. The topological polar surface area (TPSA) is 70.1 Å². The molecule has 3 aliphatic heterocycles. The van der Waals surface area contributed by atoms with E-state index in [2.05, 4.69) is 36.1 Å². The Balaban J connectivity index is 1.43. The minimum Gasteiger partial charge on any atom is -0.481 e. The summed E-state index contributed by atoms with van der Waals surface area (Å²) in [5, 5.41) is 9.88. The molecule has 0 saturated carbocycles. The summed E-state index contributed by atoms with van der Waals surface area (Å²) in [5.41, 5.74) is 1.83. The highest BCUT2D eigenvalue weighted by Gasteiger charge is 2.53. The molecule has 3 fully saturated rings. The summed E-state index contributed by atoms with van der Waals surface area (Å²) in [6, 6.07) is 8.45. The van der Waals surface area contributed by atoms with Gasteiger partial charge in [0, 0.05) is 38.1 Å². The minimum absolute atomic E-state index is 0.162. The maximum atomic E-state index is 12.8.